The number of aromatic nitrogens is 2. The lowest BCUT2D eigenvalue weighted by atomic mass is 9.92. The van der Waals surface area contributed by atoms with E-state index in [0.717, 1.165) is 12.8 Å². The van der Waals surface area contributed by atoms with Crippen molar-refractivity contribution < 1.29 is 9.90 Å². The van der Waals surface area contributed by atoms with E-state index in [1.165, 1.54) is 12.6 Å². The standard InChI is InChI=1S/C10H13N3O2/c1-13(7-3-2-4-7)9-6-11-5-8(12-9)10(14)15/h5-7H,2-4H2,1H3,(H,14,15). The molecule has 0 radical (unpaired) electrons. The molecular formula is C10H13N3O2. The molecule has 2 rings (SSSR count). The minimum absolute atomic E-state index is 0.00123. The second kappa shape index (κ2) is 3.84. The van der Waals surface area contributed by atoms with E-state index >= 15 is 0 Å². The van der Waals surface area contributed by atoms with Gasteiger partial charge in [0.05, 0.1) is 12.4 Å². The Balaban J connectivity index is 2.19. The number of carboxylic acid groups (broad SMARTS) is 1. The van der Waals surface area contributed by atoms with Crippen molar-refractivity contribution in [1.82, 2.24) is 9.97 Å². The van der Waals surface area contributed by atoms with Gasteiger partial charge in [-0.2, -0.15) is 0 Å². The highest BCUT2D eigenvalue weighted by atomic mass is 16.4. The third-order valence-corrected chi connectivity index (χ3v) is 2.82. The van der Waals surface area contributed by atoms with Crippen LogP contribution in [0.1, 0.15) is 29.8 Å². The number of hydrogen-bond acceptors (Lipinski definition) is 4. The maximum atomic E-state index is 10.7. The molecule has 0 spiro atoms. The van der Waals surface area contributed by atoms with Crippen molar-refractivity contribution in [2.75, 3.05) is 11.9 Å². The first-order valence-corrected chi connectivity index (χ1v) is 4.96. The summed E-state index contributed by atoms with van der Waals surface area (Å²) in [5.41, 5.74) is -0.00123. The van der Waals surface area contributed by atoms with Crippen LogP contribution in [0.15, 0.2) is 12.4 Å². The summed E-state index contributed by atoms with van der Waals surface area (Å²) >= 11 is 0. The fraction of sp³-hybridized carbons (Fsp3) is 0.500. The molecule has 5 nitrogen and oxygen atoms in total. The highest BCUT2D eigenvalue weighted by molar-refractivity contribution is 5.85. The van der Waals surface area contributed by atoms with E-state index < -0.39 is 5.97 Å². The molecule has 0 unspecified atom stereocenters. The fourth-order valence-electron chi connectivity index (χ4n) is 1.59. The summed E-state index contributed by atoms with van der Waals surface area (Å²) in [7, 11) is 1.93. The minimum Gasteiger partial charge on any atom is -0.476 e. The predicted molar refractivity (Wildman–Crippen MR) is 55.0 cm³/mol. The van der Waals surface area contributed by atoms with Gasteiger partial charge in [0.25, 0.3) is 0 Å². The molecule has 80 valence electrons. The smallest absolute Gasteiger partial charge is 0.356 e. The van der Waals surface area contributed by atoms with E-state index in [4.69, 9.17) is 5.11 Å². The monoisotopic (exact) mass is 207 g/mol. The molecule has 1 aliphatic carbocycles. The van der Waals surface area contributed by atoms with E-state index in [1.807, 2.05) is 11.9 Å². The van der Waals surface area contributed by atoms with Crippen LogP contribution in [-0.2, 0) is 0 Å². The van der Waals surface area contributed by atoms with Crippen LogP contribution in [0.3, 0.4) is 0 Å². The number of nitrogens with zero attached hydrogens (tertiary/aromatic N) is 3. The highest BCUT2D eigenvalue weighted by Crippen LogP contribution is 2.26. The van der Waals surface area contributed by atoms with Crippen molar-refractivity contribution >= 4 is 11.8 Å². The lowest BCUT2D eigenvalue weighted by Gasteiger charge is -2.35. The predicted octanol–water partition coefficient (Wildman–Crippen LogP) is 1.16. The van der Waals surface area contributed by atoms with Crippen LogP contribution in [0.4, 0.5) is 5.82 Å². The van der Waals surface area contributed by atoms with E-state index in [1.54, 1.807) is 6.20 Å². The summed E-state index contributed by atoms with van der Waals surface area (Å²) in [6.45, 7) is 0. The van der Waals surface area contributed by atoms with E-state index in [2.05, 4.69) is 9.97 Å². The van der Waals surface area contributed by atoms with Crippen molar-refractivity contribution in [3.05, 3.63) is 18.1 Å². The van der Waals surface area contributed by atoms with Crippen LogP contribution in [-0.4, -0.2) is 34.1 Å². The first-order chi connectivity index (χ1) is 7.18. The summed E-state index contributed by atoms with van der Waals surface area (Å²) in [5.74, 6) is -0.397. The number of carbonyl (C=O) groups is 1. The summed E-state index contributed by atoms with van der Waals surface area (Å²) in [6, 6.07) is 0.489. The van der Waals surface area contributed by atoms with Crippen molar-refractivity contribution in [2.24, 2.45) is 0 Å². The molecule has 1 aliphatic rings. The van der Waals surface area contributed by atoms with Crippen LogP contribution in [0.25, 0.3) is 0 Å². The molecule has 0 amide bonds. The number of carboxylic acids is 1. The Morgan fingerprint density at radius 1 is 1.53 bits per heavy atom. The van der Waals surface area contributed by atoms with Gasteiger partial charge in [-0.05, 0) is 19.3 Å². The van der Waals surface area contributed by atoms with Crippen LogP contribution in [0.2, 0.25) is 0 Å². The van der Waals surface area contributed by atoms with Gasteiger partial charge in [0.2, 0.25) is 0 Å². The van der Waals surface area contributed by atoms with Crippen LogP contribution >= 0.6 is 0 Å². The summed E-state index contributed by atoms with van der Waals surface area (Å²) in [5, 5.41) is 8.78. The van der Waals surface area contributed by atoms with Gasteiger partial charge in [0.1, 0.15) is 5.82 Å². The zero-order valence-corrected chi connectivity index (χ0v) is 8.55. The molecule has 1 aromatic rings. The van der Waals surface area contributed by atoms with Gasteiger partial charge >= 0.3 is 5.97 Å². The largest absolute Gasteiger partial charge is 0.476 e. The van der Waals surface area contributed by atoms with Crippen LogP contribution in [0.5, 0.6) is 0 Å². The average Bonchev–Trinajstić information content (AvgIpc) is 2.15. The van der Waals surface area contributed by atoms with Crippen LogP contribution < -0.4 is 4.90 Å². The average molecular weight is 207 g/mol. The van der Waals surface area contributed by atoms with Crippen LogP contribution in [0, 0.1) is 0 Å². The Morgan fingerprint density at radius 3 is 2.80 bits per heavy atom. The SMILES string of the molecule is CN(c1cncc(C(=O)O)n1)C1CCC1. The zero-order chi connectivity index (χ0) is 10.8. The second-order valence-corrected chi connectivity index (χ2v) is 3.76. The van der Waals surface area contributed by atoms with Gasteiger partial charge < -0.3 is 10.0 Å². The molecule has 1 saturated carbocycles. The third kappa shape index (κ3) is 1.91. The topological polar surface area (TPSA) is 66.3 Å². The van der Waals surface area contributed by atoms with Crippen molar-refractivity contribution in [3.8, 4) is 0 Å². The lowest BCUT2D eigenvalue weighted by molar-refractivity contribution is 0.0690. The molecule has 0 atom stereocenters. The Labute approximate surface area is 87.8 Å². The molecule has 0 aliphatic heterocycles. The highest BCUT2D eigenvalue weighted by Gasteiger charge is 2.23. The maximum absolute atomic E-state index is 10.7. The number of anilines is 1. The van der Waals surface area contributed by atoms with Gasteiger partial charge in [0, 0.05) is 13.1 Å². The summed E-state index contributed by atoms with van der Waals surface area (Å²) in [6.07, 6.45) is 6.40. The number of rotatable bonds is 3. The zero-order valence-electron chi connectivity index (χ0n) is 8.55. The molecule has 0 saturated heterocycles. The van der Waals surface area contributed by atoms with Crippen molar-refractivity contribution in [2.45, 2.75) is 25.3 Å². The Kier molecular flexibility index (Phi) is 2.53. The minimum atomic E-state index is -1.04. The quantitative estimate of drug-likeness (QED) is 0.805. The Bertz CT molecular complexity index is 377. The summed E-state index contributed by atoms with van der Waals surface area (Å²) in [4.78, 5) is 20.6. The molecule has 0 aromatic carbocycles. The van der Waals surface area contributed by atoms with E-state index in [0.29, 0.717) is 11.9 Å². The molecule has 1 fully saturated rings. The maximum Gasteiger partial charge on any atom is 0.356 e. The molecule has 1 N–H and O–H groups in total. The molecule has 5 heteroatoms. The molecule has 15 heavy (non-hydrogen) atoms. The number of hydrogen-bond donors (Lipinski definition) is 1. The fourth-order valence-corrected chi connectivity index (χ4v) is 1.59. The first-order valence-electron chi connectivity index (χ1n) is 4.96. The number of aromatic carboxylic acids is 1. The summed E-state index contributed by atoms with van der Waals surface area (Å²) < 4.78 is 0. The van der Waals surface area contributed by atoms with Gasteiger partial charge in [-0.1, -0.05) is 0 Å². The van der Waals surface area contributed by atoms with Gasteiger partial charge in [-0.3, -0.25) is 4.98 Å². The molecule has 0 bridgehead atoms. The first kappa shape index (κ1) is 9.89. The van der Waals surface area contributed by atoms with Crippen molar-refractivity contribution in [3.63, 3.8) is 0 Å². The Hall–Kier alpha value is -1.65. The molecular weight excluding hydrogens is 194 g/mol. The van der Waals surface area contributed by atoms with Gasteiger partial charge in [-0.25, -0.2) is 9.78 Å². The molecule has 1 aromatic heterocycles. The van der Waals surface area contributed by atoms with Crippen molar-refractivity contribution in [1.29, 1.82) is 0 Å². The van der Waals surface area contributed by atoms with E-state index in [-0.39, 0.29) is 5.69 Å². The Morgan fingerprint density at radius 2 is 2.27 bits per heavy atom. The lowest BCUT2D eigenvalue weighted by Crippen LogP contribution is -2.37. The third-order valence-electron chi connectivity index (χ3n) is 2.82. The second-order valence-electron chi connectivity index (χ2n) is 3.76. The van der Waals surface area contributed by atoms with Gasteiger partial charge in [-0.15, -0.1) is 0 Å². The molecule has 1 heterocycles. The van der Waals surface area contributed by atoms with Gasteiger partial charge in [0.15, 0.2) is 5.69 Å². The normalized spacial score (nSPS) is 15.8. The van der Waals surface area contributed by atoms with E-state index in [9.17, 15) is 4.79 Å².